The third-order valence-corrected chi connectivity index (χ3v) is 6.10. The molecule has 1 saturated carbocycles. The van der Waals surface area contributed by atoms with Crippen LogP contribution in [-0.4, -0.2) is 0 Å². The highest BCUT2D eigenvalue weighted by Gasteiger charge is 2.20. The number of aromatic nitrogens is 1. The van der Waals surface area contributed by atoms with Gasteiger partial charge in [-0.3, -0.25) is 0 Å². The second-order valence-corrected chi connectivity index (χ2v) is 8.13. The highest BCUT2D eigenvalue weighted by atomic mass is 14.9. The second kappa shape index (κ2) is 6.87. The molecule has 0 N–H and O–H groups in total. The third-order valence-electron chi connectivity index (χ3n) is 6.10. The van der Waals surface area contributed by atoms with E-state index in [0.717, 1.165) is 28.8 Å². The van der Waals surface area contributed by atoms with Gasteiger partial charge in [0.2, 0.25) is 5.69 Å². The number of hydrogen-bond donors (Lipinski definition) is 0. The number of hydrogen-bond acceptors (Lipinski definition) is 0. The standard InChI is InChI=1S/C25H30N/c1-17-13-18(2)19(3)24(14-17)25-23-10-9-21(15-20-7-5-6-8-20)16-22(23)11-12-26(25)4/h9-14,16,20H,5-8,15H2,1-4H3/q+1/i11D,12D. The van der Waals surface area contributed by atoms with Crippen LogP contribution >= 0.6 is 0 Å². The Balaban J connectivity index is 1.94. The van der Waals surface area contributed by atoms with Crippen molar-refractivity contribution in [2.24, 2.45) is 13.0 Å². The van der Waals surface area contributed by atoms with Crippen LogP contribution in [0.25, 0.3) is 22.0 Å². The molecule has 0 amide bonds. The van der Waals surface area contributed by atoms with E-state index in [0.29, 0.717) is 6.04 Å². The summed E-state index contributed by atoms with van der Waals surface area (Å²) in [7, 11) is 1.92. The van der Waals surface area contributed by atoms with Crippen molar-refractivity contribution in [3.63, 3.8) is 0 Å². The van der Waals surface area contributed by atoms with E-state index in [4.69, 9.17) is 2.74 Å². The third kappa shape index (κ3) is 3.16. The molecule has 0 radical (unpaired) electrons. The van der Waals surface area contributed by atoms with E-state index in [2.05, 4.69) is 51.1 Å². The van der Waals surface area contributed by atoms with Crippen LogP contribution in [0.5, 0.6) is 0 Å². The molecule has 1 nitrogen and oxygen atoms in total. The zero-order valence-corrected chi connectivity index (χ0v) is 16.4. The topological polar surface area (TPSA) is 3.88 Å². The number of nitrogens with zero attached hydrogens (tertiary/aromatic N) is 1. The van der Waals surface area contributed by atoms with Gasteiger partial charge in [0, 0.05) is 6.04 Å². The van der Waals surface area contributed by atoms with E-state index in [1.54, 1.807) is 0 Å². The van der Waals surface area contributed by atoms with Crippen molar-refractivity contribution >= 4 is 10.8 Å². The molecule has 0 unspecified atom stereocenters. The maximum atomic E-state index is 8.60. The molecule has 0 bridgehead atoms. The number of benzene rings is 2. The van der Waals surface area contributed by atoms with Crippen LogP contribution in [0.2, 0.25) is 0 Å². The van der Waals surface area contributed by atoms with Crippen LogP contribution in [0.4, 0.5) is 0 Å². The van der Waals surface area contributed by atoms with Crippen LogP contribution in [0, 0.1) is 26.7 Å². The molecular formula is C25H30N+. The van der Waals surface area contributed by atoms with Crippen molar-refractivity contribution in [2.45, 2.75) is 52.9 Å². The molecule has 0 spiro atoms. The average Bonchev–Trinajstić information content (AvgIpc) is 3.17. The fourth-order valence-electron chi connectivity index (χ4n) is 4.57. The molecule has 134 valence electrons. The minimum Gasteiger partial charge on any atom is -0.200 e. The molecule has 3 aromatic rings. The highest BCUT2D eigenvalue weighted by molar-refractivity contribution is 5.94. The van der Waals surface area contributed by atoms with Gasteiger partial charge in [0.1, 0.15) is 8.42 Å². The predicted molar refractivity (Wildman–Crippen MR) is 110 cm³/mol. The summed E-state index contributed by atoms with van der Waals surface area (Å²) in [6.45, 7) is 6.43. The van der Waals surface area contributed by atoms with Gasteiger partial charge in [-0.15, -0.1) is 0 Å². The van der Waals surface area contributed by atoms with E-state index in [-0.39, 0.29) is 6.17 Å². The molecule has 26 heavy (non-hydrogen) atoms. The summed E-state index contributed by atoms with van der Waals surface area (Å²) in [5.41, 5.74) is 7.27. The van der Waals surface area contributed by atoms with Crippen molar-refractivity contribution in [2.75, 3.05) is 0 Å². The van der Waals surface area contributed by atoms with Crippen molar-refractivity contribution < 1.29 is 7.31 Å². The number of pyridine rings is 1. The molecule has 1 aliphatic carbocycles. The predicted octanol–water partition coefficient (Wildman–Crippen LogP) is 5.99. The number of rotatable bonds is 3. The lowest BCUT2D eigenvalue weighted by molar-refractivity contribution is -0.659. The molecule has 1 heteroatoms. The fourth-order valence-corrected chi connectivity index (χ4v) is 4.57. The normalized spacial score (nSPS) is 16.2. The van der Waals surface area contributed by atoms with Crippen molar-refractivity contribution in [3.05, 3.63) is 64.8 Å². The maximum absolute atomic E-state index is 8.60. The Labute approximate surface area is 160 Å². The molecule has 0 atom stereocenters. The van der Waals surface area contributed by atoms with Gasteiger partial charge in [0.05, 0.1) is 12.3 Å². The van der Waals surface area contributed by atoms with Crippen molar-refractivity contribution in [1.82, 2.24) is 0 Å². The summed E-state index contributed by atoms with van der Waals surface area (Å²) in [6.07, 6.45) is 6.73. The second-order valence-electron chi connectivity index (χ2n) is 8.13. The van der Waals surface area contributed by atoms with E-state index in [9.17, 15) is 0 Å². The van der Waals surface area contributed by atoms with E-state index < -0.39 is 0 Å². The molecule has 1 aromatic heterocycles. The summed E-state index contributed by atoms with van der Waals surface area (Å²) in [5.74, 6) is 0.781. The lowest BCUT2D eigenvalue weighted by Gasteiger charge is -2.13. The lowest BCUT2D eigenvalue weighted by Crippen LogP contribution is -2.30. The summed E-state index contributed by atoms with van der Waals surface area (Å²) in [5, 5.41) is 1.99. The average molecular weight is 347 g/mol. The summed E-state index contributed by atoms with van der Waals surface area (Å²) in [4.78, 5) is 0. The molecule has 1 fully saturated rings. The fraction of sp³-hybridized carbons (Fsp3) is 0.400. The first-order valence-electron chi connectivity index (χ1n) is 10.9. The maximum Gasteiger partial charge on any atom is 0.220 e. The van der Waals surface area contributed by atoms with Gasteiger partial charge in [-0.1, -0.05) is 49.4 Å². The Hall–Kier alpha value is -2.15. The SMILES string of the molecule is [2H]c1c([2H])[n+](C)c(-c2cc(C)cc(C)c2C)c2ccc(CC3CCCC3)cc12. The van der Waals surface area contributed by atoms with Gasteiger partial charge in [-0.25, -0.2) is 4.57 Å². The van der Waals surface area contributed by atoms with Crippen LogP contribution in [-0.2, 0) is 13.5 Å². The Morgan fingerprint density at radius 3 is 2.62 bits per heavy atom. The van der Waals surface area contributed by atoms with Gasteiger partial charge in [-0.05, 0) is 67.3 Å². The summed E-state index contributed by atoms with van der Waals surface area (Å²) >= 11 is 0. The van der Waals surface area contributed by atoms with Crippen LogP contribution in [0.15, 0.2) is 42.5 Å². The first-order valence-corrected chi connectivity index (χ1v) is 9.87. The molecule has 1 heterocycles. The minimum absolute atomic E-state index is 0.277. The van der Waals surface area contributed by atoms with Gasteiger partial charge in [0.15, 0.2) is 6.17 Å². The molecule has 0 saturated heterocycles. The Morgan fingerprint density at radius 2 is 1.85 bits per heavy atom. The first kappa shape index (κ1) is 15.0. The monoisotopic (exact) mass is 346 g/mol. The molecular weight excluding hydrogens is 314 g/mol. The Kier molecular flexibility index (Phi) is 3.95. The van der Waals surface area contributed by atoms with Gasteiger partial charge in [-0.2, -0.15) is 0 Å². The zero-order chi connectivity index (χ0) is 20.0. The summed E-state index contributed by atoms with van der Waals surface area (Å²) in [6, 6.07) is 11.4. The Morgan fingerprint density at radius 1 is 1.08 bits per heavy atom. The van der Waals surface area contributed by atoms with Crippen LogP contribution in [0.3, 0.4) is 0 Å². The highest BCUT2D eigenvalue weighted by Crippen LogP contribution is 2.32. The molecule has 0 aliphatic heterocycles. The quantitative estimate of drug-likeness (QED) is 0.513. The smallest absolute Gasteiger partial charge is 0.200 e. The largest absolute Gasteiger partial charge is 0.220 e. The van der Waals surface area contributed by atoms with Crippen molar-refractivity contribution in [1.29, 1.82) is 0 Å². The minimum atomic E-state index is 0.277. The lowest BCUT2D eigenvalue weighted by atomic mass is 9.92. The molecule has 4 rings (SSSR count). The van der Waals surface area contributed by atoms with E-state index >= 15 is 0 Å². The number of aryl methyl sites for hydroxylation is 2. The Bertz CT molecular complexity index is 1060. The van der Waals surface area contributed by atoms with Crippen molar-refractivity contribution in [3.8, 4) is 11.3 Å². The van der Waals surface area contributed by atoms with E-state index in [1.165, 1.54) is 53.5 Å². The first-order chi connectivity index (χ1) is 13.4. The molecule has 2 aromatic carbocycles. The van der Waals surface area contributed by atoms with Crippen LogP contribution in [0.1, 0.15) is 50.7 Å². The van der Waals surface area contributed by atoms with Gasteiger partial charge >= 0.3 is 0 Å². The molecule has 1 aliphatic rings. The summed E-state index contributed by atoms with van der Waals surface area (Å²) < 4.78 is 19.0. The number of fused-ring (bicyclic) bond motifs is 1. The van der Waals surface area contributed by atoms with E-state index in [1.807, 2.05) is 11.6 Å². The van der Waals surface area contributed by atoms with Gasteiger partial charge in [0.25, 0.3) is 0 Å². The zero-order valence-electron chi connectivity index (χ0n) is 18.4. The van der Waals surface area contributed by atoms with Gasteiger partial charge < -0.3 is 0 Å². The van der Waals surface area contributed by atoms with Crippen LogP contribution < -0.4 is 4.57 Å².